The molecule has 0 saturated carbocycles. The van der Waals surface area contributed by atoms with Crippen LogP contribution in [-0.4, -0.2) is 12.2 Å². The van der Waals surface area contributed by atoms with Gasteiger partial charge in [0.05, 0.1) is 6.26 Å². The van der Waals surface area contributed by atoms with Gasteiger partial charge in [0.1, 0.15) is 0 Å². The smallest absolute Gasteiger partial charge is 0.215 e. The molecule has 0 aliphatic heterocycles. The van der Waals surface area contributed by atoms with Gasteiger partial charge in [-0.15, -0.1) is 0 Å². The average molecular weight is 204 g/mol. The number of benzene rings is 1. The van der Waals surface area contributed by atoms with Gasteiger partial charge in [-0.1, -0.05) is 30.3 Å². The van der Waals surface area contributed by atoms with Gasteiger partial charge < -0.3 is 14.3 Å². The van der Waals surface area contributed by atoms with E-state index in [0.29, 0.717) is 5.76 Å². The van der Waals surface area contributed by atoms with Crippen LogP contribution in [0.5, 0.6) is 0 Å². The number of hydrogen-bond acceptors (Lipinski definition) is 3. The molecule has 0 spiro atoms. The maximum Gasteiger partial charge on any atom is 0.215 e. The van der Waals surface area contributed by atoms with Gasteiger partial charge in [0.25, 0.3) is 0 Å². The lowest BCUT2D eigenvalue weighted by Crippen LogP contribution is -1.99. The van der Waals surface area contributed by atoms with Gasteiger partial charge in [-0.25, -0.2) is 0 Å². The highest BCUT2D eigenvalue weighted by Crippen LogP contribution is 2.29. The van der Waals surface area contributed by atoms with E-state index in [0.717, 1.165) is 11.1 Å². The van der Waals surface area contributed by atoms with E-state index in [9.17, 15) is 5.11 Å². The molecule has 0 fully saturated rings. The number of furan rings is 1. The lowest BCUT2D eigenvalue weighted by Gasteiger charge is -2.07. The first-order valence-electron chi connectivity index (χ1n) is 4.66. The van der Waals surface area contributed by atoms with E-state index in [4.69, 9.17) is 9.15 Å². The molecular formula is C12H12O3. The van der Waals surface area contributed by atoms with Gasteiger partial charge in [-0.2, -0.15) is 0 Å². The summed E-state index contributed by atoms with van der Waals surface area (Å²) in [7, 11) is 1.43. The number of ether oxygens (including phenoxy) is 1. The monoisotopic (exact) mass is 204 g/mol. The molecule has 1 aromatic heterocycles. The van der Waals surface area contributed by atoms with Crippen molar-refractivity contribution in [3.8, 4) is 11.1 Å². The van der Waals surface area contributed by atoms with E-state index >= 15 is 0 Å². The fraction of sp³-hybridized carbons (Fsp3) is 0.167. The third-order valence-corrected chi connectivity index (χ3v) is 2.23. The number of methoxy groups -OCH3 is 1. The van der Waals surface area contributed by atoms with E-state index < -0.39 is 6.29 Å². The van der Waals surface area contributed by atoms with Crippen LogP contribution in [-0.2, 0) is 4.74 Å². The number of rotatable bonds is 3. The Morgan fingerprint density at radius 1 is 1.20 bits per heavy atom. The molecule has 1 heterocycles. The molecule has 1 atom stereocenters. The van der Waals surface area contributed by atoms with Gasteiger partial charge >= 0.3 is 0 Å². The zero-order chi connectivity index (χ0) is 10.7. The molecule has 1 unspecified atom stereocenters. The molecule has 0 amide bonds. The van der Waals surface area contributed by atoms with Crippen LogP contribution in [0.25, 0.3) is 11.1 Å². The molecule has 0 aliphatic rings. The van der Waals surface area contributed by atoms with E-state index in [1.165, 1.54) is 7.11 Å². The molecule has 2 aromatic rings. The Bertz CT molecular complexity index is 419. The Morgan fingerprint density at radius 2 is 1.93 bits per heavy atom. The second-order valence-corrected chi connectivity index (χ2v) is 3.15. The summed E-state index contributed by atoms with van der Waals surface area (Å²) in [5, 5.41) is 9.54. The molecule has 0 bridgehead atoms. The van der Waals surface area contributed by atoms with Crippen molar-refractivity contribution in [2.24, 2.45) is 0 Å². The van der Waals surface area contributed by atoms with Crippen LogP contribution in [0.2, 0.25) is 0 Å². The third kappa shape index (κ3) is 1.93. The van der Waals surface area contributed by atoms with Crippen LogP contribution < -0.4 is 0 Å². The number of aliphatic hydroxyl groups is 1. The molecular weight excluding hydrogens is 192 g/mol. The summed E-state index contributed by atoms with van der Waals surface area (Å²) in [4.78, 5) is 0. The highest BCUT2D eigenvalue weighted by Gasteiger charge is 2.16. The molecule has 0 radical (unpaired) electrons. The highest BCUT2D eigenvalue weighted by molar-refractivity contribution is 5.65. The Kier molecular flexibility index (Phi) is 2.85. The first-order chi connectivity index (χ1) is 7.33. The van der Waals surface area contributed by atoms with Crippen LogP contribution in [0.1, 0.15) is 12.1 Å². The predicted molar refractivity (Wildman–Crippen MR) is 56.1 cm³/mol. The molecule has 1 N–H and O–H groups in total. The second-order valence-electron chi connectivity index (χ2n) is 3.15. The van der Waals surface area contributed by atoms with Crippen molar-refractivity contribution in [2.75, 3.05) is 7.11 Å². The molecule has 1 aromatic carbocycles. The van der Waals surface area contributed by atoms with Crippen molar-refractivity contribution in [1.82, 2.24) is 0 Å². The normalized spacial score (nSPS) is 12.7. The van der Waals surface area contributed by atoms with E-state index in [1.54, 1.807) is 6.26 Å². The standard InChI is InChI=1S/C12H12O3/c1-14-12(13)11-10(7-8-15-11)9-5-3-2-4-6-9/h2-8,12-13H,1H3. The molecule has 3 heteroatoms. The van der Waals surface area contributed by atoms with Crippen LogP contribution in [0.15, 0.2) is 47.1 Å². The lowest BCUT2D eigenvalue weighted by molar-refractivity contribution is -0.0897. The topological polar surface area (TPSA) is 42.6 Å². The Balaban J connectivity index is 2.41. The van der Waals surface area contributed by atoms with E-state index in [2.05, 4.69) is 0 Å². The van der Waals surface area contributed by atoms with E-state index in [1.807, 2.05) is 36.4 Å². The third-order valence-electron chi connectivity index (χ3n) is 2.23. The minimum absolute atomic E-state index is 0.434. The van der Waals surface area contributed by atoms with Gasteiger partial charge in [-0.05, 0) is 11.6 Å². The maximum absolute atomic E-state index is 9.54. The first kappa shape index (κ1) is 9.96. The van der Waals surface area contributed by atoms with E-state index in [-0.39, 0.29) is 0 Å². The minimum Gasteiger partial charge on any atom is -0.463 e. The number of hydrogen-bond donors (Lipinski definition) is 1. The minimum atomic E-state index is -1.02. The van der Waals surface area contributed by atoms with Gasteiger partial charge in [0.2, 0.25) is 6.29 Å². The van der Waals surface area contributed by atoms with Gasteiger partial charge in [0, 0.05) is 12.7 Å². The van der Waals surface area contributed by atoms with Crippen molar-refractivity contribution >= 4 is 0 Å². The van der Waals surface area contributed by atoms with Crippen molar-refractivity contribution in [1.29, 1.82) is 0 Å². The van der Waals surface area contributed by atoms with Crippen molar-refractivity contribution in [3.05, 3.63) is 48.4 Å². The molecule has 3 nitrogen and oxygen atoms in total. The Labute approximate surface area is 87.9 Å². The van der Waals surface area contributed by atoms with Crippen LogP contribution in [0, 0.1) is 0 Å². The largest absolute Gasteiger partial charge is 0.463 e. The zero-order valence-corrected chi connectivity index (χ0v) is 8.38. The van der Waals surface area contributed by atoms with Crippen LogP contribution in [0.3, 0.4) is 0 Å². The fourth-order valence-electron chi connectivity index (χ4n) is 1.48. The van der Waals surface area contributed by atoms with Crippen molar-refractivity contribution < 1.29 is 14.3 Å². The molecule has 0 saturated heterocycles. The quantitative estimate of drug-likeness (QED) is 0.781. The highest BCUT2D eigenvalue weighted by atomic mass is 16.6. The molecule has 15 heavy (non-hydrogen) atoms. The van der Waals surface area contributed by atoms with Crippen LogP contribution >= 0.6 is 0 Å². The Morgan fingerprint density at radius 3 is 2.60 bits per heavy atom. The molecule has 78 valence electrons. The Hall–Kier alpha value is -1.58. The maximum atomic E-state index is 9.54. The summed E-state index contributed by atoms with van der Waals surface area (Å²) >= 11 is 0. The summed E-state index contributed by atoms with van der Waals surface area (Å²) in [6.07, 6.45) is 0.523. The van der Waals surface area contributed by atoms with Crippen molar-refractivity contribution in [2.45, 2.75) is 6.29 Å². The first-order valence-corrected chi connectivity index (χ1v) is 4.66. The average Bonchev–Trinajstić information content (AvgIpc) is 2.78. The molecule has 2 rings (SSSR count). The van der Waals surface area contributed by atoms with Gasteiger partial charge in [-0.3, -0.25) is 0 Å². The summed E-state index contributed by atoms with van der Waals surface area (Å²) in [5.74, 6) is 0.434. The van der Waals surface area contributed by atoms with Gasteiger partial charge in [0.15, 0.2) is 5.76 Å². The summed E-state index contributed by atoms with van der Waals surface area (Å²) in [5.41, 5.74) is 1.85. The summed E-state index contributed by atoms with van der Waals surface area (Å²) < 4.78 is 10.0. The second kappa shape index (κ2) is 4.29. The van der Waals surface area contributed by atoms with Crippen molar-refractivity contribution in [3.63, 3.8) is 0 Å². The zero-order valence-electron chi connectivity index (χ0n) is 8.38. The summed E-state index contributed by atoms with van der Waals surface area (Å²) in [6, 6.07) is 11.5. The lowest BCUT2D eigenvalue weighted by atomic mass is 10.1. The predicted octanol–water partition coefficient (Wildman–Crippen LogP) is 2.58. The summed E-state index contributed by atoms with van der Waals surface area (Å²) in [6.45, 7) is 0. The molecule has 0 aliphatic carbocycles. The number of aliphatic hydroxyl groups excluding tert-OH is 1. The fourth-order valence-corrected chi connectivity index (χ4v) is 1.48. The van der Waals surface area contributed by atoms with Crippen LogP contribution in [0.4, 0.5) is 0 Å². The SMILES string of the molecule is COC(O)c1occc1-c1ccccc1.